The lowest BCUT2D eigenvalue weighted by atomic mass is 10.1. The van der Waals surface area contributed by atoms with Crippen molar-refractivity contribution in [3.05, 3.63) is 35.4 Å². The fourth-order valence-corrected chi connectivity index (χ4v) is 1.20. The van der Waals surface area contributed by atoms with Gasteiger partial charge in [0.25, 0.3) is 0 Å². The predicted octanol–water partition coefficient (Wildman–Crippen LogP) is 1.27. The van der Waals surface area contributed by atoms with Gasteiger partial charge < -0.3 is 10.8 Å². The van der Waals surface area contributed by atoms with Crippen LogP contribution in [0.4, 0.5) is 0 Å². The molecule has 0 aromatic heterocycles. The van der Waals surface area contributed by atoms with Gasteiger partial charge in [-0.15, -0.1) is 0 Å². The van der Waals surface area contributed by atoms with Crippen LogP contribution in [0.1, 0.15) is 22.8 Å². The zero-order chi connectivity index (χ0) is 9.84. The Labute approximate surface area is 77.2 Å². The number of benzene rings is 1. The smallest absolute Gasteiger partial charge is 0.335 e. The molecule has 0 aliphatic rings. The van der Waals surface area contributed by atoms with Gasteiger partial charge in [-0.05, 0) is 31.0 Å². The van der Waals surface area contributed by atoms with Gasteiger partial charge in [0, 0.05) is 6.04 Å². The second-order valence-corrected chi connectivity index (χ2v) is 3.19. The summed E-state index contributed by atoms with van der Waals surface area (Å²) in [6.07, 6.45) is 0.709. The second-order valence-electron chi connectivity index (χ2n) is 3.19. The van der Waals surface area contributed by atoms with Gasteiger partial charge in [-0.1, -0.05) is 12.1 Å². The van der Waals surface area contributed by atoms with E-state index in [4.69, 9.17) is 10.8 Å². The lowest BCUT2D eigenvalue weighted by molar-refractivity contribution is 0.0696. The Morgan fingerprint density at radius 2 is 2.31 bits per heavy atom. The van der Waals surface area contributed by atoms with Crippen LogP contribution < -0.4 is 5.73 Å². The van der Waals surface area contributed by atoms with Crippen LogP contribution in [0.25, 0.3) is 0 Å². The van der Waals surface area contributed by atoms with Gasteiger partial charge in [0.15, 0.2) is 0 Å². The molecule has 0 saturated carbocycles. The predicted molar refractivity (Wildman–Crippen MR) is 50.8 cm³/mol. The van der Waals surface area contributed by atoms with Crippen molar-refractivity contribution >= 4 is 5.97 Å². The zero-order valence-corrected chi connectivity index (χ0v) is 7.53. The molecule has 0 amide bonds. The zero-order valence-electron chi connectivity index (χ0n) is 7.53. The summed E-state index contributed by atoms with van der Waals surface area (Å²) in [7, 11) is 0. The fraction of sp³-hybridized carbons (Fsp3) is 0.300. The van der Waals surface area contributed by atoms with E-state index in [0.717, 1.165) is 5.56 Å². The maximum absolute atomic E-state index is 10.6. The van der Waals surface area contributed by atoms with Crippen LogP contribution in [0.2, 0.25) is 0 Å². The second kappa shape index (κ2) is 4.05. The van der Waals surface area contributed by atoms with Gasteiger partial charge in [-0.25, -0.2) is 4.79 Å². The molecule has 3 heteroatoms. The van der Waals surface area contributed by atoms with Gasteiger partial charge in [-0.3, -0.25) is 0 Å². The highest BCUT2D eigenvalue weighted by Gasteiger charge is 2.03. The Morgan fingerprint density at radius 3 is 2.85 bits per heavy atom. The first-order valence-corrected chi connectivity index (χ1v) is 4.17. The first kappa shape index (κ1) is 9.74. The molecule has 0 unspecified atom stereocenters. The van der Waals surface area contributed by atoms with E-state index in [9.17, 15) is 4.79 Å². The average molecular weight is 179 g/mol. The lowest BCUT2D eigenvalue weighted by Gasteiger charge is -2.05. The molecular weight excluding hydrogens is 166 g/mol. The third kappa shape index (κ3) is 2.87. The van der Waals surface area contributed by atoms with Gasteiger partial charge >= 0.3 is 5.97 Å². The summed E-state index contributed by atoms with van der Waals surface area (Å²) >= 11 is 0. The molecule has 13 heavy (non-hydrogen) atoms. The van der Waals surface area contributed by atoms with Crippen LogP contribution in [0.5, 0.6) is 0 Å². The van der Waals surface area contributed by atoms with Crippen molar-refractivity contribution in [3.63, 3.8) is 0 Å². The van der Waals surface area contributed by atoms with Crippen molar-refractivity contribution in [3.8, 4) is 0 Å². The molecule has 1 aromatic rings. The molecule has 70 valence electrons. The van der Waals surface area contributed by atoms with Crippen LogP contribution in [-0.2, 0) is 6.42 Å². The van der Waals surface area contributed by atoms with Gasteiger partial charge in [-0.2, -0.15) is 0 Å². The molecule has 1 atom stereocenters. The molecule has 0 heterocycles. The maximum atomic E-state index is 10.6. The molecule has 0 bridgehead atoms. The lowest BCUT2D eigenvalue weighted by Crippen LogP contribution is -2.17. The normalized spacial score (nSPS) is 12.5. The molecule has 0 aliphatic heterocycles. The number of hydrogen-bond acceptors (Lipinski definition) is 2. The molecule has 3 nitrogen and oxygen atoms in total. The van der Waals surface area contributed by atoms with Crippen molar-refractivity contribution in [2.24, 2.45) is 5.73 Å². The fourth-order valence-electron chi connectivity index (χ4n) is 1.20. The minimum atomic E-state index is -0.897. The number of nitrogens with two attached hydrogens (primary N) is 1. The van der Waals surface area contributed by atoms with E-state index in [1.54, 1.807) is 18.2 Å². The van der Waals surface area contributed by atoms with Crippen LogP contribution in [-0.4, -0.2) is 17.1 Å². The molecule has 1 rings (SSSR count). The van der Waals surface area contributed by atoms with Gasteiger partial charge in [0.05, 0.1) is 5.56 Å². The van der Waals surface area contributed by atoms with Crippen molar-refractivity contribution in [1.82, 2.24) is 0 Å². The first-order chi connectivity index (χ1) is 6.09. The SMILES string of the molecule is C[C@@H](N)Cc1cccc(C(=O)O)c1. The van der Waals surface area contributed by atoms with Crippen molar-refractivity contribution in [2.45, 2.75) is 19.4 Å². The topological polar surface area (TPSA) is 63.3 Å². The average Bonchev–Trinajstić information content (AvgIpc) is 2.03. The van der Waals surface area contributed by atoms with Crippen molar-refractivity contribution in [2.75, 3.05) is 0 Å². The maximum Gasteiger partial charge on any atom is 0.335 e. The minimum absolute atomic E-state index is 0.0593. The summed E-state index contributed by atoms with van der Waals surface area (Å²) < 4.78 is 0. The number of carboxylic acids is 1. The van der Waals surface area contributed by atoms with E-state index in [1.807, 2.05) is 13.0 Å². The van der Waals surface area contributed by atoms with E-state index in [1.165, 1.54) is 0 Å². The summed E-state index contributed by atoms with van der Waals surface area (Å²) in [5.41, 5.74) is 6.89. The highest BCUT2D eigenvalue weighted by molar-refractivity contribution is 5.87. The quantitative estimate of drug-likeness (QED) is 0.734. The van der Waals surface area contributed by atoms with E-state index < -0.39 is 5.97 Å². The number of carboxylic acid groups (broad SMARTS) is 1. The molecule has 0 saturated heterocycles. The largest absolute Gasteiger partial charge is 0.478 e. The van der Waals surface area contributed by atoms with E-state index in [2.05, 4.69) is 0 Å². The number of aromatic carboxylic acids is 1. The summed E-state index contributed by atoms with van der Waals surface area (Å²) in [5.74, 6) is -0.897. The Bertz CT molecular complexity index is 308. The Hall–Kier alpha value is -1.35. The van der Waals surface area contributed by atoms with Crippen LogP contribution >= 0.6 is 0 Å². The molecule has 1 aromatic carbocycles. The molecule has 0 spiro atoms. The van der Waals surface area contributed by atoms with Gasteiger partial charge in [0.1, 0.15) is 0 Å². The number of rotatable bonds is 3. The van der Waals surface area contributed by atoms with Gasteiger partial charge in [0.2, 0.25) is 0 Å². The highest BCUT2D eigenvalue weighted by Crippen LogP contribution is 2.06. The van der Waals surface area contributed by atoms with Crippen LogP contribution in [0.3, 0.4) is 0 Å². The third-order valence-corrected chi connectivity index (χ3v) is 1.73. The molecule has 0 aliphatic carbocycles. The summed E-state index contributed by atoms with van der Waals surface area (Å²) in [6, 6.07) is 6.92. The summed E-state index contributed by atoms with van der Waals surface area (Å²) in [4.78, 5) is 10.6. The monoisotopic (exact) mass is 179 g/mol. The third-order valence-electron chi connectivity index (χ3n) is 1.73. The number of hydrogen-bond donors (Lipinski definition) is 2. The van der Waals surface area contributed by atoms with Crippen molar-refractivity contribution < 1.29 is 9.90 Å². The van der Waals surface area contributed by atoms with E-state index >= 15 is 0 Å². The van der Waals surface area contributed by atoms with E-state index in [-0.39, 0.29) is 6.04 Å². The molecule has 0 fully saturated rings. The number of carbonyl (C=O) groups is 1. The Morgan fingerprint density at radius 1 is 1.62 bits per heavy atom. The summed E-state index contributed by atoms with van der Waals surface area (Å²) in [6.45, 7) is 1.90. The first-order valence-electron chi connectivity index (χ1n) is 4.17. The standard InChI is InChI=1S/C10H13NO2/c1-7(11)5-8-3-2-4-9(6-8)10(12)13/h2-4,6-7H,5,11H2,1H3,(H,12,13)/t7-/m1/s1. The van der Waals surface area contributed by atoms with Crippen molar-refractivity contribution in [1.29, 1.82) is 0 Å². The Balaban J connectivity index is 2.85. The molecular formula is C10H13NO2. The highest BCUT2D eigenvalue weighted by atomic mass is 16.4. The molecule has 3 N–H and O–H groups in total. The minimum Gasteiger partial charge on any atom is -0.478 e. The van der Waals surface area contributed by atoms with Crippen LogP contribution in [0.15, 0.2) is 24.3 Å². The summed E-state index contributed by atoms with van der Waals surface area (Å²) in [5, 5.41) is 8.71. The van der Waals surface area contributed by atoms with E-state index in [0.29, 0.717) is 12.0 Å². The van der Waals surface area contributed by atoms with Crippen LogP contribution in [0, 0.1) is 0 Å². The molecule has 0 radical (unpaired) electrons. The Kier molecular flexibility index (Phi) is 3.03.